The van der Waals surface area contributed by atoms with E-state index >= 15 is 0 Å². The Kier molecular flexibility index (Phi) is 47.1. The average molecular weight is 831 g/mol. The van der Waals surface area contributed by atoms with Crippen LogP contribution in [0, 0.1) is 0 Å². The second-order valence-corrected chi connectivity index (χ2v) is 15.8. The van der Waals surface area contributed by atoms with Crippen molar-refractivity contribution in [3.05, 3.63) is 109 Å². The minimum atomic E-state index is -0.797. The van der Waals surface area contributed by atoms with Gasteiger partial charge in [-0.2, -0.15) is 0 Å². The van der Waals surface area contributed by atoms with Gasteiger partial charge in [0, 0.05) is 12.8 Å². The molecule has 0 saturated heterocycles. The van der Waals surface area contributed by atoms with Crippen molar-refractivity contribution < 1.29 is 24.2 Å². The van der Waals surface area contributed by atoms with Crippen molar-refractivity contribution in [3.8, 4) is 0 Å². The second-order valence-electron chi connectivity index (χ2n) is 15.8. The van der Waals surface area contributed by atoms with Gasteiger partial charge in [-0.05, 0) is 103 Å². The lowest BCUT2D eigenvalue weighted by molar-refractivity contribution is -0.161. The lowest BCUT2D eigenvalue weighted by Gasteiger charge is -2.15. The first-order valence-corrected chi connectivity index (χ1v) is 24.4. The van der Waals surface area contributed by atoms with E-state index in [4.69, 9.17) is 9.47 Å². The highest BCUT2D eigenvalue weighted by atomic mass is 16.6. The number of allylic oxidation sites excluding steroid dienone is 18. The standard InChI is InChI=1S/C55H90O5/c1-3-5-7-9-11-13-15-17-19-21-23-25-27-29-31-33-35-37-39-41-43-45-47-49-54(57)59-52-53(51-56)60-55(58)50-48-46-44-42-40-38-36-34-32-30-28-26-24-22-20-18-16-14-12-10-8-6-4-2/h6,8,12,14-15,17-18,20-21,23-24,26-27,29-30,32,36,38,53,56H,3-5,7,9-11,13,16,19,22,25,28,31,33-35,37,39-52H2,1-2H3/b8-6-,14-12-,17-15-,20-18-,23-21-,26-24-,29-27-,32-30-,38-36-. The number of aliphatic hydroxyl groups excluding tert-OH is 1. The Morgan fingerprint density at radius 2 is 0.717 bits per heavy atom. The maximum absolute atomic E-state index is 12.2. The van der Waals surface area contributed by atoms with Gasteiger partial charge in [-0.3, -0.25) is 9.59 Å². The molecule has 0 aliphatic rings. The molecule has 1 unspecified atom stereocenters. The molecule has 0 bridgehead atoms. The van der Waals surface area contributed by atoms with Crippen molar-refractivity contribution in [1.82, 2.24) is 0 Å². The molecule has 0 heterocycles. The molecular weight excluding hydrogens is 741 g/mol. The first-order chi connectivity index (χ1) is 29.6. The fourth-order valence-electron chi connectivity index (χ4n) is 6.39. The van der Waals surface area contributed by atoms with Crippen molar-refractivity contribution in [2.75, 3.05) is 13.2 Å². The number of hydrogen-bond donors (Lipinski definition) is 1. The molecule has 0 aromatic carbocycles. The summed E-state index contributed by atoms with van der Waals surface area (Å²) in [5.74, 6) is -0.635. The zero-order valence-corrected chi connectivity index (χ0v) is 38.7. The van der Waals surface area contributed by atoms with Gasteiger partial charge in [0.2, 0.25) is 0 Å². The van der Waals surface area contributed by atoms with Crippen LogP contribution in [0.25, 0.3) is 0 Å². The van der Waals surface area contributed by atoms with Crippen LogP contribution >= 0.6 is 0 Å². The first-order valence-electron chi connectivity index (χ1n) is 24.4. The number of carbonyl (C=O) groups is 2. The van der Waals surface area contributed by atoms with E-state index in [0.717, 1.165) is 109 Å². The van der Waals surface area contributed by atoms with Gasteiger partial charge >= 0.3 is 11.9 Å². The quantitative estimate of drug-likeness (QED) is 0.0376. The number of aliphatic hydroxyl groups is 1. The van der Waals surface area contributed by atoms with Crippen LogP contribution in [-0.4, -0.2) is 36.4 Å². The molecule has 5 heteroatoms. The molecule has 0 fully saturated rings. The SMILES string of the molecule is CC/C=C\C/C=C\C/C=C\C/C=C\C/C=C\C/C=C\CCCCCCC(=O)OC(CO)COC(=O)CCCCCCCCCC/C=C\C/C=C\C/C=C\CCCCCCC. The Morgan fingerprint density at radius 1 is 0.400 bits per heavy atom. The Hall–Kier alpha value is -3.44. The molecule has 0 amide bonds. The van der Waals surface area contributed by atoms with Gasteiger partial charge in [0.1, 0.15) is 6.61 Å². The highest BCUT2D eigenvalue weighted by Gasteiger charge is 2.16. The third-order valence-corrected chi connectivity index (χ3v) is 10.1. The van der Waals surface area contributed by atoms with E-state index in [1.165, 1.54) is 70.6 Å². The number of hydrogen-bond acceptors (Lipinski definition) is 5. The molecule has 340 valence electrons. The van der Waals surface area contributed by atoms with E-state index in [1.807, 2.05) is 0 Å². The highest BCUT2D eigenvalue weighted by molar-refractivity contribution is 5.70. The van der Waals surface area contributed by atoms with Gasteiger partial charge in [-0.25, -0.2) is 0 Å². The minimum Gasteiger partial charge on any atom is -0.462 e. The normalized spacial score (nSPS) is 13.2. The molecular formula is C55H90O5. The minimum absolute atomic E-state index is 0.0874. The van der Waals surface area contributed by atoms with Crippen LogP contribution in [0.1, 0.15) is 206 Å². The van der Waals surface area contributed by atoms with Crippen LogP contribution in [0.3, 0.4) is 0 Å². The first kappa shape index (κ1) is 56.6. The van der Waals surface area contributed by atoms with E-state index < -0.39 is 6.10 Å². The molecule has 0 aromatic heterocycles. The predicted molar refractivity (Wildman–Crippen MR) is 260 cm³/mol. The number of rotatable bonds is 43. The summed E-state index contributed by atoms with van der Waals surface area (Å²) in [6.07, 6.45) is 71.6. The van der Waals surface area contributed by atoms with Gasteiger partial charge in [0.05, 0.1) is 6.61 Å². The summed E-state index contributed by atoms with van der Waals surface area (Å²) < 4.78 is 10.6. The summed E-state index contributed by atoms with van der Waals surface area (Å²) in [6, 6.07) is 0. The van der Waals surface area contributed by atoms with Crippen molar-refractivity contribution in [3.63, 3.8) is 0 Å². The molecule has 60 heavy (non-hydrogen) atoms. The largest absolute Gasteiger partial charge is 0.462 e. The fourth-order valence-corrected chi connectivity index (χ4v) is 6.39. The highest BCUT2D eigenvalue weighted by Crippen LogP contribution is 2.13. The third kappa shape index (κ3) is 47.2. The van der Waals surface area contributed by atoms with E-state index in [1.54, 1.807) is 0 Å². The molecule has 5 nitrogen and oxygen atoms in total. The Morgan fingerprint density at radius 3 is 1.08 bits per heavy atom. The van der Waals surface area contributed by atoms with Crippen LogP contribution in [-0.2, 0) is 19.1 Å². The molecule has 0 aliphatic heterocycles. The fraction of sp³-hybridized carbons (Fsp3) is 0.636. The molecule has 0 radical (unpaired) electrons. The average Bonchev–Trinajstić information content (AvgIpc) is 3.25. The van der Waals surface area contributed by atoms with Gasteiger partial charge < -0.3 is 14.6 Å². The Labute approximate surface area is 370 Å². The topological polar surface area (TPSA) is 72.8 Å². The summed E-state index contributed by atoms with van der Waals surface area (Å²) in [5, 5.41) is 9.62. The van der Waals surface area contributed by atoms with E-state index in [-0.39, 0.29) is 25.2 Å². The van der Waals surface area contributed by atoms with E-state index in [2.05, 4.69) is 123 Å². The van der Waals surface area contributed by atoms with Gasteiger partial charge in [-0.1, -0.05) is 200 Å². The van der Waals surface area contributed by atoms with Crippen molar-refractivity contribution in [1.29, 1.82) is 0 Å². The summed E-state index contributed by atoms with van der Waals surface area (Å²) in [6.45, 7) is 3.98. The van der Waals surface area contributed by atoms with Crippen LogP contribution < -0.4 is 0 Å². The Bertz CT molecular complexity index is 1210. The van der Waals surface area contributed by atoms with Crippen LogP contribution in [0.4, 0.5) is 0 Å². The lowest BCUT2D eigenvalue weighted by Crippen LogP contribution is -2.28. The number of carbonyl (C=O) groups excluding carboxylic acids is 2. The summed E-state index contributed by atoms with van der Waals surface area (Å²) in [7, 11) is 0. The van der Waals surface area contributed by atoms with Crippen LogP contribution in [0.2, 0.25) is 0 Å². The van der Waals surface area contributed by atoms with E-state index in [9.17, 15) is 14.7 Å². The van der Waals surface area contributed by atoms with Crippen LogP contribution in [0.5, 0.6) is 0 Å². The predicted octanol–water partition coefficient (Wildman–Crippen LogP) is 16.2. The molecule has 0 saturated carbocycles. The number of ether oxygens (including phenoxy) is 2. The molecule has 0 aliphatic carbocycles. The van der Waals surface area contributed by atoms with E-state index in [0.29, 0.717) is 12.8 Å². The molecule has 0 spiro atoms. The van der Waals surface area contributed by atoms with Crippen LogP contribution in [0.15, 0.2) is 109 Å². The molecule has 0 rings (SSSR count). The number of unbranched alkanes of at least 4 members (excludes halogenated alkanes) is 17. The van der Waals surface area contributed by atoms with Gasteiger partial charge in [0.15, 0.2) is 6.10 Å². The van der Waals surface area contributed by atoms with Crippen molar-refractivity contribution >= 4 is 11.9 Å². The summed E-state index contributed by atoms with van der Waals surface area (Å²) in [5.41, 5.74) is 0. The van der Waals surface area contributed by atoms with Crippen molar-refractivity contribution in [2.45, 2.75) is 213 Å². The van der Waals surface area contributed by atoms with Gasteiger partial charge in [0.25, 0.3) is 0 Å². The molecule has 1 N–H and O–H groups in total. The molecule has 0 aromatic rings. The third-order valence-electron chi connectivity index (χ3n) is 10.1. The second kappa shape index (κ2) is 49.9. The zero-order valence-electron chi connectivity index (χ0n) is 38.7. The van der Waals surface area contributed by atoms with Gasteiger partial charge in [-0.15, -0.1) is 0 Å². The Balaban J connectivity index is 3.64. The summed E-state index contributed by atoms with van der Waals surface area (Å²) in [4.78, 5) is 24.4. The smallest absolute Gasteiger partial charge is 0.306 e. The monoisotopic (exact) mass is 831 g/mol. The summed E-state index contributed by atoms with van der Waals surface area (Å²) >= 11 is 0. The lowest BCUT2D eigenvalue weighted by atomic mass is 10.1. The van der Waals surface area contributed by atoms with Crippen molar-refractivity contribution in [2.24, 2.45) is 0 Å². The number of esters is 2. The maximum Gasteiger partial charge on any atom is 0.306 e. The maximum atomic E-state index is 12.2. The zero-order chi connectivity index (χ0) is 43.5. The molecule has 1 atom stereocenters.